The molecule has 2 N–H and O–H groups in total. The molecule has 3 rings (SSSR count). The maximum absolute atomic E-state index is 5.87. The summed E-state index contributed by atoms with van der Waals surface area (Å²) in [5, 5.41) is 9.67. The normalized spacial score (nSPS) is 15.3. The van der Waals surface area contributed by atoms with Gasteiger partial charge in [-0.1, -0.05) is 0 Å². The molecule has 0 fully saturated rings. The Morgan fingerprint density at radius 3 is 2.75 bits per heavy atom. The highest BCUT2D eigenvalue weighted by Crippen LogP contribution is 2.34. The van der Waals surface area contributed by atoms with E-state index in [0.717, 1.165) is 34.3 Å². The van der Waals surface area contributed by atoms with E-state index in [4.69, 9.17) is 9.47 Å². The van der Waals surface area contributed by atoms with E-state index >= 15 is 0 Å². The molecule has 28 heavy (non-hydrogen) atoms. The molecule has 0 aliphatic carbocycles. The highest BCUT2D eigenvalue weighted by molar-refractivity contribution is 14.0. The van der Waals surface area contributed by atoms with Crippen LogP contribution < -0.4 is 25.0 Å². The van der Waals surface area contributed by atoms with Crippen molar-refractivity contribution in [1.82, 2.24) is 15.6 Å². The maximum Gasteiger partial charge on any atom is 0.191 e. The third-order valence-corrected chi connectivity index (χ3v) is 5.39. The van der Waals surface area contributed by atoms with E-state index in [-0.39, 0.29) is 30.1 Å². The van der Waals surface area contributed by atoms with Crippen molar-refractivity contribution in [3.8, 4) is 11.5 Å². The SMILES string of the molecule is CN=C(NCc1csc(N(C)C)n1)NCc1cc2c(cc1OC)CC(C)O2.I. The fourth-order valence-corrected chi connectivity index (χ4v) is 3.72. The van der Waals surface area contributed by atoms with Gasteiger partial charge in [0.05, 0.1) is 19.3 Å². The van der Waals surface area contributed by atoms with Crippen molar-refractivity contribution >= 4 is 46.4 Å². The predicted molar refractivity (Wildman–Crippen MR) is 126 cm³/mol. The van der Waals surface area contributed by atoms with Crippen LogP contribution in [0.3, 0.4) is 0 Å². The molecule has 0 spiro atoms. The Kier molecular flexibility index (Phi) is 8.17. The van der Waals surface area contributed by atoms with Gasteiger partial charge in [-0.3, -0.25) is 4.99 Å². The van der Waals surface area contributed by atoms with Crippen molar-refractivity contribution in [3.05, 3.63) is 34.3 Å². The monoisotopic (exact) mass is 517 g/mol. The van der Waals surface area contributed by atoms with Crippen LogP contribution in [0.2, 0.25) is 0 Å². The molecule has 1 aliphatic rings. The number of aliphatic imine (C=N–C) groups is 1. The number of thiazole rings is 1. The van der Waals surface area contributed by atoms with Crippen LogP contribution in [0.1, 0.15) is 23.7 Å². The van der Waals surface area contributed by atoms with Crippen molar-refractivity contribution in [3.63, 3.8) is 0 Å². The van der Waals surface area contributed by atoms with Crippen molar-refractivity contribution < 1.29 is 9.47 Å². The number of anilines is 1. The predicted octanol–water partition coefficient (Wildman–Crippen LogP) is 3.02. The number of nitrogens with one attached hydrogen (secondary N) is 2. The highest BCUT2D eigenvalue weighted by Gasteiger charge is 2.21. The molecule has 1 unspecified atom stereocenters. The summed E-state index contributed by atoms with van der Waals surface area (Å²) < 4.78 is 11.4. The lowest BCUT2D eigenvalue weighted by atomic mass is 10.1. The molecule has 0 saturated heterocycles. The summed E-state index contributed by atoms with van der Waals surface area (Å²) >= 11 is 1.63. The average Bonchev–Trinajstić information content (AvgIpc) is 3.26. The Bertz CT molecular complexity index is 825. The van der Waals surface area contributed by atoms with Gasteiger partial charge in [-0.05, 0) is 19.1 Å². The lowest BCUT2D eigenvalue weighted by Crippen LogP contribution is -2.36. The Hall–Kier alpha value is -1.75. The number of benzene rings is 1. The summed E-state index contributed by atoms with van der Waals surface area (Å²) in [5.74, 6) is 2.53. The molecule has 0 amide bonds. The molecular formula is C19H28IN5O2S. The Morgan fingerprint density at radius 2 is 2.11 bits per heavy atom. The van der Waals surface area contributed by atoms with Crippen molar-refractivity contribution in [2.45, 2.75) is 32.5 Å². The number of hydrogen-bond donors (Lipinski definition) is 2. The third-order valence-electron chi connectivity index (χ3n) is 4.33. The van der Waals surface area contributed by atoms with Gasteiger partial charge in [0.2, 0.25) is 0 Å². The minimum atomic E-state index is 0. The molecule has 0 bridgehead atoms. The zero-order valence-electron chi connectivity index (χ0n) is 16.9. The van der Waals surface area contributed by atoms with Gasteiger partial charge in [-0.15, -0.1) is 35.3 Å². The molecule has 2 aromatic rings. The minimum Gasteiger partial charge on any atom is -0.496 e. The molecule has 1 atom stereocenters. The molecule has 9 heteroatoms. The number of rotatable bonds is 6. The largest absolute Gasteiger partial charge is 0.496 e. The zero-order chi connectivity index (χ0) is 19.4. The lowest BCUT2D eigenvalue weighted by molar-refractivity contribution is 0.254. The summed E-state index contributed by atoms with van der Waals surface area (Å²) in [4.78, 5) is 10.9. The van der Waals surface area contributed by atoms with E-state index < -0.39 is 0 Å². The van der Waals surface area contributed by atoms with Crippen molar-refractivity contribution in [2.75, 3.05) is 33.2 Å². The summed E-state index contributed by atoms with van der Waals surface area (Å²) in [7, 11) is 7.43. The number of methoxy groups -OCH3 is 1. The molecule has 2 heterocycles. The Morgan fingerprint density at radius 1 is 1.36 bits per heavy atom. The first-order chi connectivity index (χ1) is 13.0. The number of guanidine groups is 1. The van der Waals surface area contributed by atoms with Crippen molar-refractivity contribution in [1.29, 1.82) is 0 Å². The van der Waals surface area contributed by atoms with Crippen LogP contribution in [0.4, 0.5) is 5.13 Å². The standard InChI is InChI=1S/C19H27N5O2S.HI/c1-12-6-13-7-16(25-5)14(8-17(13)26-12)9-21-18(20-2)22-10-15-11-27-19(23-15)24(3)4;/h7-8,11-12H,6,9-10H2,1-5H3,(H2,20,21,22);1H. The van der Waals surface area contributed by atoms with Gasteiger partial charge >= 0.3 is 0 Å². The van der Waals surface area contributed by atoms with E-state index in [0.29, 0.717) is 19.0 Å². The number of nitrogens with zero attached hydrogens (tertiary/aromatic N) is 3. The molecule has 1 aliphatic heterocycles. The maximum atomic E-state index is 5.87. The van der Waals surface area contributed by atoms with Crippen LogP contribution in [-0.2, 0) is 19.5 Å². The van der Waals surface area contributed by atoms with Crippen LogP contribution in [0.25, 0.3) is 0 Å². The van der Waals surface area contributed by atoms with Crippen LogP contribution in [0.15, 0.2) is 22.5 Å². The first kappa shape index (κ1) is 22.5. The topological polar surface area (TPSA) is 71.0 Å². The van der Waals surface area contributed by atoms with E-state index in [9.17, 15) is 0 Å². The number of fused-ring (bicyclic) bond motifs is 1. The quantitative estimate of drug-likeness (QED) is 0.349. The van der Waals surface area contributed by atoms with Crippen LogP contribution >= 0.6 is 35.3 Å². The van der Waals surface area contributed by atoms with Crippen LogP contribution in [0.5, 0.6) is 11.5 Å². The molecule has 154 valence electrons. The molecule has 1 aromatic heterocycles. The Balaban J connectivity index is 0.00000280. The Labute approximate surface area is 187 Å². The van der Waals surface area contributed by atoms with Crippen molar-refractivity contribution in [2.24, 2.45) is 4.99 Å². The molecule has 1 aromatic carbocycles. The first-order valence-corrected chi connectivity index (χ1v) is 9.80. The third kappa shape index (κ3) is 5.40. The molecule has 0 radical (unpaired) electrons. The van der Waals surface area contributed by atoms with Crippen LogP contribution in [-0.4, -0.2) is 45.3 Å². The second-order valence-electron chi connectivity index (χ2n) is 6.70. The van der Waals surface area contributed by atoms with Gasteiger partial charge < -0.3 is 25.0 Å². The van der Waals surface area contributed by atoms with Gasteiger partial charge in [0.1, 0.15) is 17.6 Å². The number of halogens is 1. The van der Waals surface area contributed by atoms with Crippen LogP contribution in [0, 0.1) is 0 Å². The van der Waals surface area contributed by atoms with E-state index in [1.165, 1.54) is 5.56 Å². The summed E-state index contributed by atoms with van der Waals surface area (Å²) in [6.45, 7) is 3.29. The zero-order valence-corrected chi connectivity index (χ0v) is 20.1. The van der Waals surface area contributed by atoms with Gasteiger partial charge in [0, 0.05) is 50.6 Å². The fourth-order valence-electron chi connectivity index (χ4n) is 2.97. The number of ether oxygens (including phenoxy) is 2. The van der Waals surface area contributed by atoms with Gasteiger partial charge in [-0.25, -0.2) is 4.98 Å². The van der Waals surface area contributed by atoms with Gasteiger partial charge in [0.25, 0.3) is 0 Å². The number of aromatic nitrogens is 1. The summed E-state index contributed by atoms with van der Waals surface area (Å²) in [5.41, 5.74) is 3.23. The number of hydrogen-bond acceptors (Lipinski definition) is 6. The van der Waals surface area contributed by atoms with E-state index in [1.54, 1.807) is 25.5 Å². The molecule has 0 saturated carbocycles. The second kappa shape index (κ2) is 10.1. The highest BCUT2D eigenvalue weighted by atomic mass is 127. The van der Waals surface area contributed by atoms with E-state index in [2.05, 4.69) is 45.0 Å². The summed E-state index contributed by atoms with van der Waals surface area (Å²) in [6.07, 6.45) is 1.14. The first-order valence-electron chi connectivity index (χ1n) is 8.92. The minimum absolute atomic E-state index is 0. The molecular weight excluding hydrogens is 489 g/mol. The molecule has 7 nitrogen and oxygen atoms in total. The van der Waals surface area contributed by atoms with Gasteiger partial charge in [0.15, 0.2) is 11.1 Å². The summed E-state index contributed by atoms with van der Waals surface area (Å²) in [6, 6.07) is 4.13. The lowest BCUT2D eigenvalue weighted by Gasteiger charge is -2.14. The fraction of sp³-hybridized carbons (Fsp3) is 0.474. The smallest absolute Gasteiger partial charge is 0.191 e. The van der Waals surface area contributed by atoms with E-state index in [1.807, 2.05) is 19.0 Å². The average molecular weight is 517 g/mol. The van der Waals surface area contributed by atoms with Gasteiger partial charge in [-0.2, -0.15) is 0 Å². The second-order valence-corrected chi connectivity index (χ2v) is 7.54.